The predicted molar refractivity (Wildman–Crippen MR) is 78.7 cm³/mol. The summed E-state index contributed by atoms with van der Waals surface area (Å²) < 4.78 is 5.11. The Bertz CT molecular complexity index is 516. The van der Waals surface area contributed by atoms with E-state index in [2.05, 4.69) is 9.98 Å². The first kappa shape index (κ1) is 15.5. The van der Waals surface area contributed by atoms with Crippen molar-refractivity contribution in [3.63, 3.8) is 0 Å². The number of hydrogen-bond donors (Lipinski definition) is 3. The third-order valence-electron chi connectivity index (χ3n) is 2.14. The van der Waals surface area contributed by atoms with Crippen molar-refractivity contribution < 1.29 is 9.53 Å². The van der Waals surface area contributed by atoms with Crippen LogP contribution in [0.25, 0.3) is 0 Å². The number of esters is 1. The summed E-state index contributed by atoms with van der Waals surface area (Å²) in [6.45, 7) is 4.32. The molecule has 6 N–H and O–H groups in total. The smallest absolute Gasteiger partial charge is 0.338 e. The maximum absolute atomic E-state index is 11.7. The van der Waals surface area contributed by atoms with Gasteiger partial charge in [0.25, 0.3) is 0 Å². The van der Waals surface area contributed by atoms with Gasteiger partial charge in [0, 0.05) is 0 Å². The van der Waals surface area contributed by atoms with E-state index < -0.39 is 0 Å². The number of carbonyl (C=O) groups excluding carboxylic acids is 1. The minimum absolute atomic E-state index is 0.0554. The Hall–Kier alpha value is -2.57. The van der Waals surface area contributed by atoms with E-state index in [-0.39, 0.29) is 17.9 Å². The van der Waals surface area contributed by atoms with E-state index in [4.69, 9.17) is 21.9 Å². The van der Waals surface area contributed by atoms with E-state index in [9.17, 15) is 4.79 Å². The molecule has 0 aliphatic rings. The molecule has 0 radical (unpaired) electrons. The molecule has 0 spiro atoms. The third-order valence-corrected chi connectivity index (χ3v) is 2.14. The maximum Gasteiger partial charge on any atom is 0.338 e. The molecule has 0 unspecified atom stereocenters. The van der Waals surface area contributed by atoms with E-state index in [1.165, 1.54) is 0 Å². The number of nitrogens with two attached hydrogens (primary N) is 3. The van der Waals surface area contributed by atoms with Crippen LogP contribution in [0.3, 0.4) is 0 Å². The molecule has 0 saturated heterocycles. The van der Waals surface area contributed by atoms with Gasteiger partial charge < -0.3 is 21.9 Å². The Labute approximate surface area is 117 Å². The van der Waals surface area contributed by atoms with Crippen LogP contribution in [-0.2, 0) is 4.74 Å². The summed E-state index contributed by atoms with van der Waals surface area (Å²) in [4.78, 5) is 19.2. The zero-order chi connectivity index (χ0) is 15.1. The summed E-state index contributed by atoms with van der Waals surface area (Å²) in [6, 6.07) is 6.46. The first-order valence-electron chi connectivity index (χ1n) is 6.09. The van der Waals surface area contributed by atoms with Crippen molar-refractivity contribution in [1.82, 2.24) is 0 Å². The minimum atomic E-state index is -0.369. The van der Waals surface area contributed by atoms with Crippen LogP contribution in [0.5, 0.6) is 0 Å². The molecule has 0 amide bonds. The van der Waals surface area contributed by atoms with Crippen molar-refractivity contribution in [2.45, 2.75) is 13.8 Å². The van der Waals surface area contributed by atoms with E-state index in [0.717, 1.165) is 0 Å². The van der Waals surface area contributed by atoms with Gasteiger partial charge in [-0.05, 0) is 30.2 Å². The molecular formula is C13H19N5O2. The molecule has 0 atom stereocenters. The molecule has 1 rings (SSSR count). The average molecular weight is 277 g/mol. The Morgan fingerprint density at radius 1 is 1.20 bits per heavy atom. The number of nitrogens with zero attached hydrogens (tertiary/aromatic N) is 2. The summed E-state index contributed by atoms with van der Waals surface area (Å²) in [5, 5.41) is 0. The van der Waals surface area contributed by atoms with Crippen molar-refractivity contribution in [3.8, 4) is 0 Å². The Morgan fingerprint density at radius 3 is 2.30 bits per heavy atom. The van der Waals surface area contributed by atoms with Gasteiger partial charge in [-0.25, -0.2) is 9.79 Å². The molecule has 0 heterocycles. The van der Waals surface area contributed by atoms with Crippen molar-refractivity contribution >= 4 is 23.6 Å². The molecule has 0 fully saturated rings. The molecule has 1 aromatic rings. The highest BCUT2D eigenvalue weighted by molar-refractivity contribution is 5.94. The first-order valence-corrected chi connectivity index (χ1v) is 6.09. The molecule has 0 bridgehead atoms. The van der Waals surface area contributed by atoms with Crippen molar-refractivity contribution in [3.05, 3.63) is 29.8 Å². The number of hydrogen-bond acceptors (Lipinski definition) is 3. The number of ether oxygens (including phenoxy) is 1. The van der Waals surface area contributed by atoms with Gasteiger partial charge in [0.1, 0.15) is 0 Å². The highest BCUT2D eigenvalue weighted by atomic mass is 16.5. The molecule has 0 aliphatic heterocycles. The third kappa shape index (κ3) is 5.38. The van der Waals surface area contributed by atoms with Crippen molar-refractivity contribution in [2.24, 2.45) is 33.1 Å². The van der Waals surface area contributed by atoms with E-state index >= 15 is 0 Å². The molecule has 7 heteroatoms. The molecule has 7 nitrogen and oxygen atoms in total. The van der Waals surface area contributed by atoms with Crippen LogP contribution in [0.15, 0.2) is 34.3 Å². The number of benzene rings is 1. The van der Waals surface area contributed by atoms with Gasteiger partial charge >= 0.3 is 5.97 Å². The van der Waals surface area contributed by atoms with E-state index in [0.29, 0.717) is 23.8 Å². The second-order valence-corrected chi connectivity index (χ2v) is 4.55. The molecule has 0 aromatic heterocycles. The standard InChI is InChI=1S/C13H19N5O2/c1-8(2)7-20-11(19)9-3-5-10(6-4-9)17-13(16)18-12(14)15/h3-6,8H,7H2,1-2H3,(H6,14,15,16,17,18). The van der Waals surface area contributed by atoms with Gasteiger partial charge in [-0.3, -0.25) is 0 Å². The minimum Gasteiger partial charge on any atom is -0.462 e. The van der Waals surface area contributed by atoms with Gasteiger partial charge in [0.15, 0.2) is 5.96 Å². The maximum atomic E-state index is 11.7. The Balaban J connectivity index is 2.74. The first-order chi connectivity index (χ1) is 9.38. The summed E-state index contributed by atoms with van der Waals surface area (Å²) in [6.07, 6.45) is 0. The summed E-state index contributed by atoms with van der Waals surface area (Å²) in [5.74, 6) is -0.297. The molecule has 0 saturated carbocycles. The fourth-order valence-electron chi connectivity index (χ4n) is 1.29. The Morgan fingerprint density at radius 2 is 1.80 bits per heavy atom. The van der Waals surface area contributed by atoms with Gasteiger partial charge in [-0.15, -0.1) is 0 Å². The number of guanidine groups is 2. The van der Waals surface area contributed by atoms with Crippen LogP contribution in [-0.4, -0.2) is 24.5 Å². The van der Waals surface area contributed by atoms with Crippen LogP contribution in [0.4, 0.5) is 5.69 Å². The molecule has 1 aromatic carbocycles. The monoisotopic (exact) mass is 277 g/mol. The lowest BCUT2D eigenvalue weighted by Gasteiger charge is -2.07. The SMILES string of the molecule is CC(C)COC(=O)c1ccc(N=C(N)N=C(N)N)cc1. The fourth-order valence-corrected chi connectivity index (χ4v) is 1.29. The second kappa shape index (κ2) is 7.13. The normalized spacial score (nSPS) is 11.2. The average Bonchev–Trinajstić information content (AvgIpc) is 2.35. The summed E-state index contributed by atoms with van der Waals surface area (Å²) in [5.41, 5.74) is 16.8. The quantitative estimate of drug-likeness (QED) is 0.424. The molecule has 0 aliphatic carbocycles. The zero-order valence-electron chi connectivity index (χ0n) is 11.5. The highest BCUT2D eigenvalue weighted by Gasteiger charge is 2.07. The lowest BCUT2D eigenvalue weighted by Crippen LogP contribution is -2.26. The van der Waals surface area contributed by atoms with Gasteiger partial charge in [-0.2, -0.15) is 4.99 Å². The van der Waals surface area contributed by atoms with E-state index in [1.807, 2.05) is 13.8 Å². The number of carbonyl (C=O) groups is 1. The van der Waals surface area contributed by atoms with Gasteiger partial charge in [-0.1, -0.05) is 13.8 Å². The van der Waals surface area contributed by atoms with Crippen LogP contribution >= 0.6 is 0 Å². The van der Waals surface area contributed by atoms with Crippen LogP contribution < -0.4 is 17.2 Å². The molecular weight excluding hydrogens is 258 g/mol. The van der Waals surface area contributed by atoms with Crippen LogP contribution in [0, 0.1) is 5.92 Å². The number of rotatable bonds is 4. The van der Waals surface area contributed by atoms with Gasteiger partial charge in [0.2, 0.25) is 5.96 Å². The van der Waals surface area contributed by atoms with Crippen LogP contribution in [0.2, 0.25) is 0 Å². The second-order valence-electron chi connectivity index (χ2n) is 4.55. The van der Waals surface area contributed by atoms with Crippen LogP contribution in [0.1, 0.15) is 24.2 Å². The predicted octanol–water partition coefficient (Wildman–Crippen LogP) is 0.719. The highest BCUT2D eigenvalue weighted by Crippen LogP contribution is 2.14. The lowest BCUT2D eigenvalue weighted by atomic mass is 10.2. The lowest BCUT2D eigenvalue weighted by molar-refractivity contribution is 0.0459. The van der Waals surface area contributed by atoms with E-state index in [1.54, 1.807) is 24.3 Å². The zero-order valence-corrected chi connectivity index (χ0v) is 11.5. The topological polar surface area (TPSA) is 129 Å². The Kier molecular flexibility index (Phi) is 5.52. The largest absolute Gasteiger partial charge is 0.462 e. The summed E-state index contributed by atoms with van der Waals surface area (Å²) >= 11 is 0. The summed E-state index contributed by atoms with van der Waals surface area (Å²) in [7, 11) is 0. The molecule has 108 valence electrons. The fraction of sp³-hybridized carbons (Fsp3) is 0.308. The van der Waals surface area contributed by atoms with Gasteiger partial charge in [0.05, 0.1) is 17.9 Å². The van der Waals surface area contributed by atoms with Crippen molar-refractivity contribution in [1.29, 1.82) is 0 Å². The van der Waals surface area contributed by atoms with Crippen molar-refractivity contribution in [2.75, 3.05) is 6.61 Å². The number of aliphatic imine (C=N–C) groups is 2. The molecule has 20 heavy (non-hydrogen) atoms.